The Morgan fingerprint density at radius 3 is 2.15 bits per heavy atom. The summed E-state index contributed by atoms with van der Waals surface area (Å²) >= 11 is 0. The van der Waals surface area contributed by atoms with Crippen LogP contribution in [-0.2, 0) is 46.9 Å². The van der Waals surface area contributed by atoms with Crippen molar-refractivity contribution >= 4 is 45.7 Å². The molecule has 306 valence electrons. The summed E-state index contributed by atoms with van der Waals surface area (Å²) in [4.78, 5) is 83.4. The Morgan fingerprint density at radius 1 is 0.964 bits per heavy atom. The van der Waals surface area contributed by atoms with Gasteiger partial charge >= 0.3 is 12.1 Å². The number of carbonyl (C=O) groups is 6. The second-order valence-corrected chi connectivity index (χ2v) is 19.5. The summed E-state index contributed by atoms with van der Waals surface area (Å²) in [6, 6.07) is 2.80. The highest BCUT2D eigenvalue weighted by Gasteiger charge is 2.47. The highest BCUT2D eigenvalue weighted by Crippen LogP contribution is 2.32. The fourth-order valence-electron chi connectivity index (χ4n) is 7.05. The van der Waals surface area contributed by atoms with Crippen molar-refractivity contribution in [3.8, 4) is 0 Å². The van der Waals surface area contributed by atoms with E-state index >= 15 is 0 Å². The lowest BCUT2D eigenvalue weighted by molar-refractivity contribution is -0.143. The molecule has 6 amide bonds. The standard InChI is InChI=1S/C38H59N7O9S/c1-37(2,3)29(22-43(7)55(8,52)53)41-35(50)42-31(38(4,5)6)34(49)45-21-26(54-36(51)44-17-16-24-14-9-10-15-25(24)20-44)19-28(45)33(48)40-27(30(46)32(39)47)18-23-12-11-13-23/h9-10,14-15,23,26-29,31H,11-13,16-22H2,1-8H3,(H2,39,47)(H,40,48)(H2,41,42,50)/t26?,27?,28-,29+,31+/m0/s1. The second-order valence-electron chi connectivity index (χ2n) is 17.4. The van der Waals surface area contributed by atoms with E-state index in [1.165, 1.54) is 11.9 Å². The number of rotatable bonds is 13. The number of urea groups is 1. The first-order chi connectivity index (χ1) is 25.4. The van der Waals surface area contributed by atoms with Crippen LogP contribution in [0.1, 0.15) is 84.8 Å². The molecule has 0 bridgehead atoms. The molecule has 55 heavy (non-hydrogen) atoms. The summed E-state index contributed by atoms with van der Waals surface area (Å²) in [5, 5.41) is 8.28. The van der Waals surface area contributed by atoms with Crippen LogP contribution in [0.2, 0.25) is 0 Å². The Bertz CT molecular complexity index is 1740. The van der Waals surface area contributed by atoms with Crippen LogP contribution in [0.4, 0.5) is 9.59 Å². The summed E-state index contributed by atoms with van der Waals surface area (Å²) in [5.41, 5.74) is 6.01. The van der Waals surface area contributed by atoms with E-state index in [1.807, 2.05) is 45.0 Å². The Labute approximate surface area is 324 Å². The van der Waals surface area contributed by atoms with Crippen molar-refractivity contribution in [1.29, 1.82) is 0 Å². The van der Waals surface area contributed by atoms with Crippen molar-refractivity contribution in [2.75, 3.05) is 32.9 Å². The topological polar surface area (TPSA) is 218 Å². The number of benzene rings is 1. The number of Topliss-reactive ketones (excluding diaryl/α,β-unsaturated/α-hetero) is 1. The third-order valence-electron chi connectivity index (χ3n) is 10.9. The summed E-state index contributed by atoms with van der Waals surface area (Å²) in [6.07, 6.45) is 2.98. The summed E-state index contributed by atoms with van der Waals surface area (Å²) in [6.45, 7) is 11.3. The van der Waals surface area contributed by atoms with Crippen molar-refractivity contribution in [3.63, 3.8) is 0 Å². The van der Waals surface area contributed by atoms with Crippen molar-refractivity contribution in [2.24, 2.45) is 22.5 Å². The molecular weight excluding hydrogens is 731 g/mol. The molecule has 1 saturated heterocycles. The predicted octanol–water partition coefficient (Wildman–Crippen LogP) is 1.90. The molecule has 0 spiro atoms. The maximum atomic E-state index is 14.6. The highest BCUT2D eigenvalue weighted by atomic mass is 32.2. The minimum Gasteiger partial charge on any atom is -0.444 e. The zero-order valence-corrected chi connectivity index (χ0v) is 34.2. The van der Waals surface area contributed by atoms with Crippen LogP contribution in [0.15, 0.2) is 24.3 Å². The van der Waals surface area contributed by atoms with Crippen LogP contribution in [0.5, 0.6) is 0 Å². The van der Waals surface area contributed by atoms with E-state index < -0.39 is 86.8 Å². The molecular formula is C38H59N7O9S. The monoisotopic (exact) mass is 789 g/mol. The maximum Gasteiger partial charge on any atom is 0.410 e. The van der Waals surface area contributed by atoms with Crippen LogP contribution < -0.4 is 21.7 Å². The van der Waals surface area contributed by atoms with Crippen LogP contribution in [0, 0.1) is 16.7 Å². The number of ether oxygens (including phenoxy) is 1. The average molecular weight is 790 g/mol. The summed E-state index contributed by atoms with van der Waals surface area (Å²) < 4.78 is 31.4. The van der Waals surface area contributed by atoms with Gasteiger partial charge in [-0.3, -0.25) is 19.2 Å². The van der Waals surface area contributed by atoms with Gasteiger partial charge in [-0.2, -0.15) is 0 Å². The normalized spacial score (nSPS) is 20.7. The SMILES string of the molecule is CN(C[C@@H](NC(=O)N[C@H](C(=O)N1CC(OC(=O)N2CCc3ccccc3C2)C[C@H]1C(=O)NC(CC1CCC1)C(=O)C(N)=O)C(C)(C)C)C(C)(C)C)S(C)(=O)=O. The number of nitrogens with one attached hydrogen (secondary N) is 3. The van der Waals surface area contributed by atoms with Gasteiger partial charge < -0.3 is 36.2 Å². The third kappa shape index (κ3) is 11.4. The first-order valence-corrected chi connectivity index (χ1v) is 20.8. The molecule has 4 rings (SSSR count). The van der Waals surface area contributed by atoms with E-state index in [0.717, 1.165) is 41.0 Å². The van der Waals surface area contributed by atoms with Crippen LogP contribution >= 0.6 is 0 Å². The molecule has 5 N–H and O–H groups in total. The second kappa shape index (κ2) is 17.3. The number of sulfonamides is 1. The predicted molar refractivity (Wildman–Crippen MR) is 205 cm³/mol. The van der Waals surface area contributed by atoms with Crippen molar-refractivity contribution < 1.29 is 41.9 Å². The lowest BCUT2D eigenvalue weighted by atomic mass is 9.80. The molecule has 2 heterocycles. The fourth-order valence-corrected chi connectivity index (χ4v) is 7.47. The molecule has 5 atom stereocenters. The lowest BCUT2D eigenvalue weighted by Crippen LogP contribution is -2.62. The van der Waals surface area contributed by atoms with Crippen molar-refractivity contribution in [3.05, 3.63) is 35.4 Å². The molecule has 0 radical (unpaired) electrons. The van der Waals surface area contributed by atoms with Gasteiger partial charge in [0.05, 0.1) is 18.8 Å². The Balaban J connectivity index is 1.58. The molecule has 1 aliphatic carbocycles. The largest absolute Gasteiger partial charge is 0.444 e. The average Bonchev–Trinajstić information content (AvgIpc) is 3.49. The number of hydrogen-bond donors (Lipinski definition) is 4. The summed E-state index contributed by atoms with van der Waals surface area (Å²) in [5.74, 6) is -3.35. The number of carbonyl (C=O) groups excluding carboxylic acids is 6. The molecule has 16 nitrogen and oxygen atoms in total. The van der Waals surface area contributed by atoms with E-state index in [4.69, 9.17) is 10.5 Å². The number of amides is 6. The number of nitrogens with zero attached hydrogens (tertiary/aromatic N) is 3. The number of likely N-dealkylation sites (tertiary alicyclic amines) is 1. The van der Waals surface area contributed by atoms with Gasteiger partial charge in [-0.1, -0.05) is 85.1 Å². The molecule has 0 aromatic heterocycles. The Kier molecular flexibility index (Phi) is 13.6. The number of fused-ring (bicyclic) bond motifs is 1. The number of nitrogens with two attached hydrogens (primary N) is 1. The first kappa shape index (κ1) is 43.5. The zero-order chi connectivity index (χ0) is 41.0. The minimum absolute atomic E-state index is 0.0278. The van der Waals surface area contributed by atoms with Gasteiger partial charge in [-0.05, 0) is 40.7 Å². The Morgan fingerprint density at radius 2 is 1.60 bits per heavy atom. The number of hydrogen-bond acceptors (Lipinski definition) is 9. The van der Waals surface area contributed by atoms with Gasteiger partial charge in [0, 0.05) is 39.1 Å². The van der Waals surface area contributed by atoms with E-state index in [0.29, 0.717) is 19.5 Å². The van der Waals surface area contributed by atoms with Crippen LogP contribution in [0.25, 0.3) is 0 Å². The molecule has 17 heteroatoms. The van der Waals surface area contributed by atoms with Gasteiger partial charge in [0.1, 0.15) is 18.2 Å². The van der Waals surface area contributed by atoms with E-state index in [-0.39, 0.29) is 31.8 Å². The molecule has 2 unspecified atom stereocenters. The number of ketones is 1. The lowest BCUT2D eigenvalue weighted by Gasteiger charge is -2.37. The van der Waals surface area contributed by atoms with Gasteiger partial charge in [0.15, 0.2) is 0 Å². The van der Waals surface area contributed by atoms with Crippen molar-refractivity contribution in [2.45, 2.75) is 117 Å². The van der Waals surface area contributed by atoms with Gasteiger partial charge in [-0.25, -0.2) is 22.3 Å². The quantitative estimate of drug-likeness (QED) is 0.214. The number of likely N-dealkylation sites (N-methyl/N-ethyl adjacent to an activating group) is 1. The minimum atomic E-state index is -3.56. The molecule has 1 saturated carbocycles. The van der Waals surface area contributed by atoms with Crippen molar-refractivity contribution in [1.82, 2.24) is 30.1 Å². The highest BCUT2D eigenvalue weighted by molar-refractivity contribution is 7.88. The maximum absolute atomic E-state index is 14.6. The third-order valence-corrected chi connectivity index (χ3v) is 12.2. The van der Waals surface area contributed by atoms with Crippen LogP contribution in [0.3, 0.4) is 0 Å². The molecule has 2 aliphatic heterocycles. The molecule has 3 aliphatic rings. The molecule has 1 aromatic carbocycles. The zero-order valence-electron chi connectivity index (χ0n) is 33.3. The molecule has 1 aromatic rings. The van der Waals surface area contributed by atoms with Gasteiger partial charge in [-0.15, -0.1) is 0 Å². The van der Waals surface area contributed by atoms with E-state index in [1.54, 1.807) is 25.7 Å². The Hall–Kier alpha value is -4.25. The summed E-state index contributed by atoms with van der Waals surface area (Å²) in [7, 11) is -2.15. The van der Waals surface area contributed by atoms with Crippen LogP contribution in [-0.4, -0.2) is 121 Å². The van der Waals surface area contributed by atoms with Gasteiger partial charge in [0.25, 0.3) is 5.91 Å². The van der Waals surface area contributed by atoms with E-state index in [9.17, 15) is 37.2 Å². The number of primary amides is 1. The molecule has 2 fully saturated rings. The fraction of sp³-hybridized carbons (Fsp3) is 0.684. The first-order valence-electron chi connectivity index (χ1n) is 18.9. The van der Waals surface area contributed by atoms with Gasteiger partial charge in [0.2, 0.25) is 27.6 Å². The smallest absolute Gasteiger partial charge is 0.410 e. The van der Waals surface area contributed by atoms with E-state index in [2.05, 4.69) is 16.0 Å².